The molecule has 0 amide bonds. The van der Waals surface area contributed by atoms with Crippen LogP contribution in [0.25, 0.3) is 11.3 Å². The highest BCUT2D eigenvalue weighted by Crippen LogP contribution is 2.39. The monoisotopic (exact) mass is 671 g/mol. The number of hydrogen-bond acceptors (Lipinski definition) is 11. The van der Waals surface area contributed by atoms with Crippen LogP contribution in [-0.2, 0) is 16.1 Å². The van der Waals surface area contributed by atoms with Gasteiger partial charge in [-0.05, 0) is 51.4 Å². The van der Waals surface area contributed by atoms with Crippen molar-refractivity contribution < 1.29 is 31.8 Å². The van der Waals surface area contributed by atoms with E-state index in [1.807, 2.05) is 4.90 Å². The fraction of sp³-hybridized carbons (Fsp3) is 0.517. The third-order valence-corrected chi connectivity index (χ3v) is 8.89. The van der Waals surface area contributed by atoms with Gasteiger partial charge in [-0.3, -0.25) is 14.6 Å². The highest BCUT2D eigenvalue weighted by Gasteiger charge is 2.32. The van der Waals surface area contributed by atoms with Crippen LogP contribution in [0, 0.1) is 5.82 Å². The Morgan fingerprint density at radius 1 is 1.16 bits per heavy atom. The number of piperazine rings is 1. The molecule has 16 heteroatoms. The van der Waals surface area contributed by atoms with Gasteiger partial charge in [-0.25, -0.2) is 15.0 Å². The van der Waals surface area contributed by atoms with Gasteiger partial charge in [-0.15, -0.1) is 13.2 Å². The average molecular weight is 672 g/mol. The van der Waals surface area contributed by atoms with Crippen molar-refractivity contribution in [3.8, 4) is 17.0 Å². The maximum Gasteiger partial charge on any atom is 0.573 e. The van der Waals surface area contributed by atoms with E-state index in [1.54, 1.807) is 6.92 Å². The summed E-state index contributed by atoms with van der Waals surface area (Å²) >= 11 is 7.45. The summed E-state index contributed by atoms with van der Waals surface area (Å²) in [4.78, 5) is 31.6. The van der Waals surface area contributed by atoms with Crippen molar-refractivity contribution in [1.29, 1.82) is 0 Å². The number of anilines is 3. The fourth-order valence-electron chi connectivity index (χ4n) is 5.48. The van der Waals surface area contributed by atoms with E-state index in [-0.39, 0.29) is 22.6 Å². The Labute approximate surface area is 267 Å². The van der Waals surface area contributed by atoms with E-state index in [4.69, 9.17) is 16.3 Å². The number of rotatable bonds is 11. The predicted molar refractivity (Wildman–Crippen MR) is 164 cm³/mol. The zero-order valence-corrected chi connectivity index (χ0v) is 26.4. The standard InChI is InChI=1S/C29H34ClF4N7O3S/c1-3-43-23(42)6-8-39-9-11-40(12-10-39)27-24(31)26(35-17-36-27)38-28-37-25(22(45-28)16-41-7-4-5-18(41)2)19-13-20(30)15-21(14-19)44-29(32,33)34/h13-15,17-18H,3-12,16H2,1-2H3,(H,35,36,37,38)/t18-/m1/s1. The first-order valence-corrected chi connectivity index (χ1v) is 15.9. The van der Waals surface area contributed by atoms with Crippen LogP contribution in [0.3, 0.4) is 0 Å². The minimum Gasteiger partial charge on any atom is -0.466 e. The number of alkyl halides is 3. The van der Waals surface area contributed by atoms with Crippen LogP contribution in [0.4, 0.5) is 34.3 Å². The number of thiazole rings is 1. The van der Waals surface area contributed by atoms with Crippen LogP contribution in [0.5, 0.6) is 5.75 Å². The van der Waals surface area contributed by atoms with Gasteiger partial charge in [0.2, 0.25) is 5.82 Å². The number of ether oxygens (including phenoxy) is 2. The molecule has 0 saturated carbocycles. The summed E-state index contributed by atoms with van der Waals surface area (Å²) in [5.41, 5.74) is 0.766. The molecular formula is C29H34ClF4N7O3S. The van der Waals surface area contributed by atoms with Crippen molar-refractivity contribution in [3.05, 3.63) is 40.2 Å². The lowest BCUT2D eigenvalue weighted by Crippen LogP contribution is -2.47. The SMILES string of the molecule is CCOC(=O)CCN1CCN(c2ncnc(Nc3nc(-c4cc(Cl)cc(OC(F)(F)F)c4)c(CN4CCC[C@H]4C)s3)c2F)CC1. The number of benzene rings is 1. The number of carbonyl (C=O) groups excluding carboxylic acids is 1. The summed E-state index contributed by atoms with van der Waals surface area (Å²) in [6.45, 7) is 8.44. The minimum atomic E-state index is -4.89. The molecule has 1 aromatic carbocycles. The summed E-state index contributed by atoms with van der Waals surface area (Å²) in [5, 5.41) is 3.34. The Kier molecular flexibility index (Phi) is 10.6. The van der Waals surface area contributed by atoms with E-state index in [2.05, 4.69) is 41.7 Å². The fourth-order valence-corrected chi connectivity index (χ4v) is 6.71. The van der Waals surface area contributed by atoms with Gasteiger partial charge in [-0.1, -0.05) is 22.9 Å². The number of halogens is 5. The van der Waals surface area contributed by atoms with Gasteiger partial charge >= 0.3 is 12.3 Å². The van der Waals surface area contributed by atoms with Crippen molar-refractivity contribution in [1.82, 2.24) is 24.8 Å². The number of nitrogens with one attached hydrogen (secondary N) is 1. The molecule has 10 nitrogen and oxygen atoms in total. The molecule has 0 aliphatic carbocycles. The average Bonchev–Trinajstić information content (AvgIpc) is 3.57. The van der Waals surface area contributed by atoms with E-state index >= 15 is 4.39 Å². The molecule has 2 saturated heterocycles. The van der Waals surface area contributed by atoms with Gasteiger partial charge in [0.15, 0.2) is 16.8 Å². The van der Waals surface area contributed by atoms with Crippen molar-refractivity contribution >= 4 is 45.7 Å². The molecule has 0 spiro atoms. The first-order valence-electron chi connectivity index (χ1n) is 14.7. The number of likely N-dealkylation sites (tertiary alicyclic amines) is 1. The minimum absolute atomic E-state index is 0.0576. The zero-order chi connectivity index (χ0) is 32.1. The van der Waals surface area contributed by atoms with Crippen molar-refractivity contribution in [2.45, 2.75) is 52.1 Å². The molecule has 2 aliphatic heterocycles. The van der Waals surface area contributed by atoms with E-state index in [9.17, 15) is 18.0 Å². The van der Waals surface area contributed by atoms with Crippen LogP contribution in [-0.4, -0.2) is 89.0 Å². The second kappa shape index (κ2) is 14.4. The second-order valence-corrected chi connectivity index (χ2v) is 12.4. The van der Waals surface area contributed by atoms with Crippen LogP contribution in [0.2, 0.25) is 5.02 Å². The lowest BCUT2D eigenvalue weighted by Gasteiger charge is -2.35. The van der Waals surface area contributed by atoms with Gasteiger partial charge in [0, 0.05) is 60.8 Å². The van der Waals surface area contributed by atoms with E-state index < -0.39 is 17.9 Å². The Morgan fingerprint density at radius 2 is 1.93 bits per heavy atom. The normalized spacial score (nSPS) is 17.9. The van der Waals surface area contributed by atoms with Gasteiger partial charge in [0.05, 0.1) is 18.7 Å². The summed E-state index contributed by atoms with van der Waals surface area (Å²) in [7, 11) is 0. The van der Waals surface area contributed by atoms with Gasteiger partial charge in [0.25, 0.3) is 0 Å². The molecule has 5 rings (SSSR count). The Hall–Kier alpha value is -3.27. The van der Waals surface area contributed by atoms with Crippen LogP contribution in [0.1, 0.15) is 38.0 Å². The summed E-state index contributed by atoms with van der Waals surface area (Å²) in [6, 6.07) is 4.18. The predicted octanol–water partition coefficient (Wildman–Crippen LogP) is 6.09. The maximum atomic E-state index is 15.8. The van der Waals surface area contributed by atoms with Gasteiger partial charge in [-0.2, -0.15) is 4.39 Å². The maximum absolute atomic E-state index is 15.8. The molecule has 4 heterocycles. The van der Waals surface area contributed by atoms with Gasteiger partial charge < -0.3 is 19.7 Å². The molecule has 244 valence electrons. The highest BCUT2D eigenvalue weighted by molar-refractivity contribution is 7.16. The molecule has 2 fully saturated rings. The quantitative estimate of drug-likeness (QED) is 0.191. The molecule has 45 heavy (non-hydrogen) atoms. The van der Waals surface area contributed by atoms with E-state index in [0.29, 0.717) is 74.7 Å². The largest absolute Gasteiger partial charge is 0.573 e. The number of aromatic nitrogens is 3. The van der Waals surface area contributed by atoms with E-state index in [1.165, 1.54) is 29.8 Å². The first kappa shape index (κ1) is 33.1. The topological polar surface area (TPSA) is 96.0 Å². The molecular weight excluding hydrogens is 638 g/mol. The number of carbonyl (C=O) groups is 1. The molecule has 2 aliphatic rings. The van der Waals surface area contributed by atoms with E-state index in [0.717, 1.165) is 30.3 Å². The summed E-state index contributed by atoms with van der Waals surface area (Å²) < 4.78 is 63.9. The number of esters is 1. The van der Waals surface area contributed by atoms with Gasteiger partial charge in [0.1, 0.15) is 12.1 Å². The Morgan fingerprint density at radius 3 is 2.62 bits per heavy atom. The lowest BCUT2D eigenvalue weighted by molar-refractivity contribution is -0.274. The number of hydrogen-bond donors (Lipinski definition) is 1. The third kappa shape index (κ3) is 8.71. The Bertz CT molecular complexity index is 1490. The summed E-state index contributed by atoms with van der Waals surface area (Å²) in [5.74, 6) is -1.28. The summed E-state index contributed by atoms with van der Waals surface area (Å²) in [6.07, 6.45) is -1.25. The second-order valence-electron chi connectivity index (χ2n) is 10.8. The zero-order valence-electron chi connectivity index (χ0n) is 24.9. The smallest absolute Gasteiger partial charge is 0.466 e. The highest BCUT2D eigenvalue weighted by atomic mass is 35.5. The van der Waals surface area contributed by atoms with Crippen LogP contribution < -0.4 is 15.0 Å². The molecule has 0 bridgehead atoms. The molecule has 3 aromatic rings. The molecule has 1 N–H and O–H groups in total. The van der Waals surface area contributed by atoms with Crippen molar-refractivity contribution in [2.24, 2.45) is 0 Å². The molecule has 0 unspecified atom stereocenters. The number of nitrogens with zero attached hydrogens (tertiary/aromatic N) is 6. The third-order valence-electron chi connectivity index (χ3n) is 7.72. The van der Waals surface area contributed by atoms with Crippen LogP contribution in [0.15, 0.2) is 24.5 Å². The van der Waals surface area contributed by atoms with Crippen molar-refractivity contribution in [2.75, 3.05) is 56.1 Å². The van der Waals surface area contributed by atoms with Crippen molar-refractivity contribution in [3.63, 3.8) is 0 Å². The molecule has 1 atom stereocenters. The first-order chi connectivity index (χ1) is 21.5. The molecule has 0 radical (unpaired) electrons. The molecule has 2 aromatic heterocycles. The Balaban J connectivity index is 1.36. The van der Waals surface area contributed by atoms with Crippen LogP contribution >= 0.6 is 22.9 Å². The lowest BCUT2D eigenvalue weighted by atomic mass is 10.1.